The van der Waals surface area contributed by atoms with Crippen LogP contribution in [0.1, 0.15) is 49.3 Å². The highest BCUT2D eigenvalue weighted by atomic mass is 35.5. The summed E-state index contributed by atoms with van der Waals surface area (Å²) >= 11 is 19.4. The molecule has 0 bridgehead atoms. The van der Waals surface area contributed by atoms with E-state index in [1.807, 2.05) is 43.5 Å². The summed E-state index contributed by atoms with van der Waals surface area (Å²) in [5, 5.41) is 5.71. The van der Waals surface area contributed by atoms with Gasteiger partial charge in [0.15, 0.2) is 5.11 Å². The minimum atomic E-state index is -0.162. The van der Waals surface area contributed by atoms with E-state index in [1.54, 1.807) is 0 Å². The Hall–Kier alpha value is -3.06. The van der Waals surface area contributed by atoms with Crippen molar-refractivity contribution in [3.63, 3.8) is 0 Å². The zero-order valence-corrected chi connectivity index (χ0v) is 25.2. The maximum atomic E-state index is 7.01. The fraction of sp³-hybridized carbons (Fsp3) is 0.312. The lowest BCUT2D eigenvalue weighted by Crippen LogP contribution is -2.38. The SMILES string of the molecule is Cc1cc(-n2cccc2[C@@H]2[C@H](c3ccccn3)NC(=S)N2c2ccc(N3C[C@@H](C)C[C@H](C)C3)c(Cl)c2)ccc1Cl. The molecule has 6 rings (SSSR count). The standard InChI is InChI=1S/C32H33Cl2N5S/c1-20-15-21(2)19-37(18-20)28-12-10-24(17-26(28)34)39-31(30(36-32(39)40)27-7-4-5-13-35-27)29-8-6-14-38(29)23-9-11-25(33)22(3)16-23/h4-14,16-17,20-21,30-31H,15,18-19H2,1-3H3,(H,36,40)/t20-,21-,30-,31+/m0/s1. The Kier molecular flexibility index (Phi) is 7.51. The van der Waals surface area contributed by atoms with E-state index in [1.165, 1.54) is 6.42 Å². The summed E-state index contributed by atoms with van der Waals surface area (Å²) in [6.45, 7) is 8.70. The summed E-state index contributed by atoms with van der Waals surface area (Å²) in [5.74, 6) is 1.28. The number of rotatable bonds is 5. The number of thiocarbonyl (C=S) groups is 1. The third-order valence-electron chi connectivity index (χ3n) is 8.02. The molecule has 0 saturated carbocycles. The molecule has 4 heterocycles. The topological polar surface area (TPSA) is 36.3 Å². The summed E-state index contributed by atoms with van der Waals surface area (Å²) in [6.07, 6.45) is 5.17. The van der Waals surface area contributed by atoms with Gasteiger partial charge in [0, 0.05) is 47.6 Å². The number of benzene rings is 2. The number of nitrogens with one attached hydrogen (secondary N) is 1. The molecule has 40 heavy (non-hydrogen) atoms. The monoisotopic (exact) mass is 589 g/mol. The summed E-state index contributed by atoms with van der Waals surface area (Å²) < 4.78 is 2.21. The molecule has 2 saturated heterocycles. The second-order valence-corrected chi connectivity index (χ2v) is 12.4. The van der Waals surface area contributed by atoms with Crippen LogP contribution in [-0.2, 0) is 0 Å². The van der Waals surface area contributed by atoms with Crippen LogP contribution in [-0.4, -0.2) is 27.8 Å². The van der Waals surface area contributed by atoms with E-state index in [4.69, 9.17) is 40.4 Å². The summed E-state index contributed by atoms with van der Waals surface area (Å²) in [5.41, 5.74) is 6.12. The van der Waals surface area contributed by atoms with Crippen molar-refractivity contribution in [2.24, 2.45) is 11.8 Å². The molecule has 2 aromatic heterocycles. The highest BCUT2D eigenvalue weighted by Gasteiger charge is 2.42. The van der Waals surface area contributed by atoms with Crippen molar-refractivity contribution < 1.29 is 0 Å². The number of piperidine rings is 1. The van der Waals surface area contributed by atoms with E-state index < -0.39 is 0 Å². The Morgan fingerprint density at radius 1 is 0.900 bits per heavy atom. The summed E-state index contributed by atoms with van der Waals surface area (Å²) in [4.78, 5) is 9.32. The molecule has 0 radical (unpaired) electrons. The molecule has 0 aliphatic carbocycles. The lowest BCUT2D eigenvalue weighted by molar-refractivity contribution is 0.357. The molecule has 2 fully saturated rings. The van der Waals surface area contributed by atoms with Gasteiger partial charge in [0.1, 0.15) is 6.04 Å². The zero-order valence-electron chi connectivity index (χ0n) is 22.9. The zero-order chi connectivity index (χ0) is 28.0. The number of anilines is 2. The van der Waals surface area contributed by atoms with Gasteiger partial charge in [0.05, 0.1) is 22.4 Å². The third-order valence-corrected chi connectivity index (χ3v) is 9.06. The normalized spacial score (nSPS) is 23.0. The van der Waals surface area contributed by atoms with Crippen LogP contribution >= 0.6 is 35.4 Å². The van der Waals surface area contributed by atoms with Gasteiger partial charge in [-0.15, -0.1) is 0 Å². The van der Waals surface area contributed by atoms with Crippen LogP contribution in [0.15, 0.2) is 79.1 Å². The highest BCUT2D eigenvalue weighted by molar-refractivity contribution is 7.80. The average Bonchev–Trinajstić information content (AvgIpc) is 3.54. The Morgan fingerprint density at radius 2 is 1.68 bits per heavy atom. The lowest BCUT2D eigenvalue weighted by atomic mass is 9.91. The number of nitrogens with zero attached hydrogens (tertiary/aromatic N) is 4. The van der Waals surface area contributed by atoms with Gasteiger partial charge in [-0.2, -0.15) is 0 Å². The summed E-state index contributed by atoms with van der Waals surface area (Å²) in [6, 6.07) is 22.4. The minimum Gasteiger partial charge on any atom is -0.370 e. The van der Waals surface area contributed by atoms with Gasteiger partial charge in [-0.3, -0.25) is 4.98 Å². The number of pyridine rings is 1. The number of halogens is 2. The Labute approximate surface area is 251 Å². The number of hydrogen-bond donors (Lipinski definition) is 1. The average molecular weight is 591 g/mol. The number of hydrogen-bond acceptors (Lipinski definition) is 3. The molecule has 1 N–H and O–H groups in total. The molecular formula is C32H33Cl2N5S. The molecule has 2 aliphatic rings. The smallest absolute Gasteiger partial charge is 0.174 e. The van der Waals surface area contributed by atoms with Crippen LogP contribution < -0.4 is 15.1 Å². The first-order chi connectivity index (χ1) is 19.3. The van der Waals surface area contributed by atoms with E-state index in [9.17, 15) is 0 Å². The van der Waals surface area contributed by atoms with E-state index in [2.05, 4.69) is 76.1 Å². The number of aryl methyl sites for hydroxylation is 1. The van der Waals surface area contributed by atoms with Gasteiger partial charge in [-0.25, -0.2) is 0 Å². The van der Waals surface area contributed by atoms with Gasteiger partial charge in [-0.05, 0) is 104 Å². The molecule has 4 atom stereocenters. The van der Waals surface area contributed by atoms with E-state index in [-0.39, 0.29) is 12.1 Å². The minimum absolute atomic E-state index is 0.155. The van der Waals surface area contributed by atoms with Crippen molar-refractivity contribution in [2.45, 2.75) is 39.3 Å². The molecule has 8 heteroatoms. The fourth-order valence-electron chi connectivity index (χ4n) is 6.34. The van der Waals surface area contributed by atoms with E-state index in [0.717, 1.165) is 57.1 Å². The van der Waals surface area contributed by atoms with Crippen LogP contribution in [0.5, 0.6) is 0 Å². The van der Waals surface area contributed by atoms with Crippen LogP contribution in [0.2, 0.25) is 10.0 Å². The van der Waals surface area contributed by atoms with Gasteiger partial charge in [-0.1, -0.05) is 43.1 Å². The predicted octanol–water partition coefficient (Wildman–Crippen LogP) is 8.15. The molecule has 206 valence electrons. The largest absolute Gasteiger partial charge is 0.370 e. The fourth-order valence-corrected chi connectivity index (χ4v) is 7.10. The maximum absolute atomic E-state index is 7.01. The van der Waals surface area contributed by atoms with Crippen molar-refractivity contribution >= 4 is 51.9 Å². The van der Waals surface area contributed by atoms with Crippen LogP contribution in [0.3, 0.4) is 0 Å². The number of aromatic nitrogens is 2. The highest BCUT2D eigenvalue weighted by Crippen LogP contribution is 2.44. The van der Waals surface area contributed by atoms with Gasteiger partial charge in [0.25, 0.3) is 0 Å². The van der Waals surface area contributed by atoms with E-state index >= 15 is 0 Å². The molecule has 0 spiro atoms. The van der Waals surface area contributed by atoms with Crippen molar-refractivity contribution in [1.82, 2.24) is 14.9 Å². The van der Waals surface area contributed by atoms with Crippen molar-refractivity contribution in [2.75, 3.05) is 22.9 Å². The van der Waals surface area contributed by atoms with Gasteiger partial charge < -0.3 is 19.7 Å². The van der Waals surface area contributed by atoms with Crippen molar-refractivity contribution in [1.29, 1.82) is 0 Å². The van der Waals surface area contributed by atoms with Crippen molar-refractivity contribution in [3.05, 3.63) is 106 Å². The molecule has 5 nitrogen and oxygen atoms in total. The maximum Gasteiger partial charge on any atom is 0.174 e. The molecule has 4 aromatic rings. The Balaban J connectivity index is 1.43. The quantitative estimate of drug-likeness (QED) is 0.238. The van der Waals surface area contributed by atoms with Gasteiger partial charge >= 0.3 is 0 Å². The molecule has 0 unspecified atom stereocenters. The molecule has 2 aromatic carbocycles. The summed E-state index contributed by atoms with van der Waals surface area (Å²) in [7, 11) is 0. The van der Waals surface area contributed by atoms with Crippen LogP contribution in [0.25, 0.3) is 5.69 Å². The van der Waals surface area contributed by atoms with Gasteiger partial charge in [0.2, 0.25) is 0 Å². The predicted molar refractivity (Wildman–Crippen MR) is 170 cm³/mol. The first kappa shape index (κ1) is 27.1. The Morgan fingerprint density at radius 3 is 2.38 bits per heavy atom. The van der Waals surface area contributed by atoms with Crippen LogP contribution in [0, 0.1) is 18.8 Å². The molecular weight excluding hydrogens is 557 g/mol. The molecule has 2 aliphatic heterocycles. The Bertz CT molecular complexity index is 1530. The lowest BCUT2D eigenvalue weighted by Gasteiger charge is -2.37. The second kappa shape index (κ2) is 11.1. The first-order valence-electron chi connectivity index (χ1n) is 13.8. The van der Waals surface area contributed by atoms with E-state index in [0.29, 0.717) is 16.9 Å². The first-order valence-corrected chi connectivity index (χ1v) is 15.0. The molecule has 0 amide bonds. The third kappa shape index (κ3) is 5.09. The van der Waals surface area contributed by atoms with Crippen molar-refractivity contribution in [3.8, 4) is 5.69 Å². The second-order valence-electron chi connectivity index (χ2n) is 11.2. The van der Waals surface area contributed by atoms with Crippen LogP contribution in [0.4, 0.5) is 11.4 Å².